The van der Waals surface area contributed by atoms with Crippen molar-refractivity contribution in [2.24, 2.45) is 0 Å². The molecule has 0 saturated heterocycles. The summed E-state index contributed by atoms with van der Waals surface area (Å²) in [5.74, 6) is -1.68. The number of amides is 1. The third-order valence-electron chi connectivity index (χ3n) is 12.6. The van der Waals surface area contributed by atoms with E-state index in [1.165, 1.54) is 11.6 Å². The van der Waals surface area contributed by atoms with Gasteiger partial charge in [0, 0.05) is 24.2 Å². The molecule has 12 nitrogen and oxygen atoms in total. The molecule has 2 atom stereocenters. The third kappa shape index (κ3) is 17.7. The fourth-order valence-corrected chi connectivity index (χ4v) is 9.19. The molecular weight excluding hydrogens is 998 g/mol. The van der Waals surface area contributed by atoms with Crippen molar-refractivity contribution in [1.82, 2.24) is 10.0 Å². The zero-order valence-electron chi connectivity index (χ0n) is 45.5. The number of carboxylic acids is 1. The maximum absolute atomic E-state index is 13.1. The number of esters is 1. The van der Waals surface area contributed by atoms with E-state index in [4.69, 9.17) is 18.8 Å². The molecule has 3 N–H and O–H groups in total. The molecule has 1 aliphatic rings. The van der Waals surface area contributed by atoms with Crippen LogP contribution < -0.4 is 14.2 Å². The molecule has 0 radical (unpaired) electrons. The molecule has 0 aromatic heterocycles. The zero-order valence-corrected chi connectivity index (χ0v) is 46.3. The maximum atomic E-state index is 13.1. The lowest BCUT2D eigenvalue weighted by atomic mass is 9.83. The zero-order chi connectivity index (χ0) is 56.7. The highest BCUT2D eigenvalue weighted by Gasteiger charge is 2.43. The van der Waals surface area contributed by atoms with E-state index in [1.54, 1.807) is 61.5 Å². The number of nitrogens with one attached hydrogen (secondary N) is 2. The summed E-state index contributed by atoms with van der Waals surface area (Å²) in [6.07, 6.45) is -2.88. The Balaban J connectivity index is 0.000000264. The summed E-state index contributed by atoms with van der Waals surface area (Å²) in [4.78, 5) is 47.3. The number of alkyl halides is 3. The first-order valence-electron chi connectivity index (χ1n) is 25.4. The number of carbonyl (C=O) groups is 4. The number of carbonyl (C=O) groups excluding carboxylic acids is 3. The number of carboxylic acid groups (broad SMARTS) is 1. The Labute approximate surface area is 446 Å². The molecule has 1 aliphatic heterocycles. The van der Waals surface area contributed by atoms with E-state index in [1.807, 2.05) is 65.0 Å². The highest BCUT2D eigenvalue weighted by molar-refractivity contribution is 7.85. The van der Waals surface area contributed by atoms with Crippen molar-refractivity contribution in [3.8, 4) is 5.75 Å². The van der Waals surface area contributed by atoms with E-state index in [9.17, 15) is 40.8 Å². The minimum atomic E-state index is -4.35. The van der Waals surface area contributed by atoms with Gasteiger partial charge in [0.05, 0.1) is 17.5 Å². The lowest BCUT2D eigenvalue weighted by molar-refractivity contribution is -0.141. The monoisotopic (exact) mass is 1070 g/mol. The molecular formula is C60H73F3N2O10S. The Morgan fingerprint density at radius 2 is 1.22 bits per heavy atom. The molecule has 0 aliphatic carbocycles. The lowest BCUT2D eigenvalue weighted by Crippen LogP contribution is -2.36. The minimum Gasteiger partial charge on any atom is -0.475 e. The van der Waals surface area contributed by atoms with Crippen molar-refractivity contribution < 1.29 is 59.5 Å². The largest absolute Gasteiger partial charge is 0.475 e. The van der Waals surface area contributed by atoms with Gasteiger partial charge in [0.2, 0.25) is 17.4 Å². The average molecular weight is 1070 g/mol. The van der Waals surface area contributed by atoms with E-state index >= 15 is 0 Å². The minimum absolute atomic E-state index is 0.0230. The molecule has 1 amide bonds. The fourth-order valence-electron chi connectivity index (χ4n) is 8.38. The summed E-state index contributed by atoms with van der Waals surface area (Å²) < 4.78 is 82.1. The van der Waals surface area contributed by atoms with Gasteiger partial charge >= 0.3 is 28.4 Å². The molecule has 0 spiro atoms. The highest BCUT2D eigenvalue weighted by Crippen LogP contribution is 2.37. The summed E-state index contributed by atoms with van der Waals surface area (Å²) in [5.41, 5.74) is 5.76. The first-order valence-corrected chi connectivity index (χ1v) is 26.8. The Bertz CT molecular complexity index is 2860. The number of benzene rings is 5. The van der Waals surface area contributed by atoms with Gasteiger partial charge < -0.3 is 24.1 Å². The van der Waals surface area contributed by atoms with Crippen LogP contribution in [0.1, 0.15) is 173 Å². The predicted octanol–water partition coefficient (Wildman–Crippen LogP) is 12.8. The summed E-state index contributed by atoms with van der Waals surface area (Å²) >= 11 is 0. The van der Waals surface area contributed by atoms with Crippen LogP contribution in [-0.4, -0.2) is 56.3 Å². The fraction of sp³-hybridized carbons (Fsp3) is 0.400. The topological polar surface area (TPSA) is 174 Å². The Hall–Kier alpha value is -6.78. The summed E-state index contributed by atoms with van der Waals surface area (Å²) in [6, 6.07) is 32.7. The smallest absolute Gasteiger partial charge is 0.416 e. The van der Waals surface area contributed by atoms with Gasteiger partial charge in [-0.1, -0.05) is 166 Å². The van der Waals surface area contributed by atoms with E-state index in [2.05, 4.69) is 63.7 Å². The van der Waals surface area contributed by atoms with Gasteiger partial charge in [-0.2, -0.15) is 21.6 Å². The van der Waals surface area contributed by atoms with Crippen molar-refractivity contribution in [1.29, 1.82) is 0 Å². The van der Waals surface area contributed by atoms with Crippen molar-refractivity contribution >= 4 is 33.9 Å². The molecule has 76 heavy (non-hydrogen) atoms. The van der Waals surface area contributed by atoms with Crippen molar-refractivity contribution in [2.45, 2.75) is 143 Å². The molecule has 1 heterocycles. The van der Waals surface area contributed by atoms with Crippen LogP contribution in [0.4, 0.5) is 13.2 Å². The number of aliphatic carboxylic acids is 1. The van der Waals surface area contributed by atoms with Crippen molar-refractivity contribution in [2.75, 3.05) is 13.2 Å². The van der Waals surface area contributed by atoms with Crippen molar-refractivity contribution in [3.05, 3.63) is 183 Å². The molecule has 16 heteroatoms. The summed E-state index contributed by atoms with van der Waals surface area (Å²) in [5, 5.41) is 11.9. The van der Waals surface area contributed by atoms with Crippen LogP contribution in [0.2, 0.25) is 0 Å². The number of halogens is 3. The van der Waals surface area contributed by atoms with Crippen LogP contribution in [0.25, 0.3) is 0 Å². The molecule has 5 aromatic carbocycles. The van der Waals surface area contributed by atoms with Gasteiger partial charge in [-0.25, -0.2) is 14.3 Å². The molecule has 2 unspecified atom stereocenters. The van der Waals surface area contributed by atoms with Gasteiger partial charge in [-0.15, -0.1) is 0 Å². The quantitative estimate of drug-likeness (QED) is 0.0530. The normalized spacial score (nSPS) is 14.8. The first kappa shape index (κ1) is 61.8. The third-order valence-corrected chi connectivity index (χ3v) is 13.4. The average Bonchev–Trinajstić information content (AvgIpc) is 3.67. The number of ether oxygens (including phenoxy) is 2. The van der Waals surface area contributed by atoms with Crippen LogP contribution in [0.5, 0.6) is 5.75 Å². The van der Waals surface area contributed by atoms with Crippen LogP contribution in [0.3, 0.4) is 0 Å². The van der Waals surface area contributed by atoms with Gasteiger partial charge in [-0.05, 0) is 107 Å². The van der Waals surface area contributed by atoms with Crippen LogP contribution >= 0.6 is 0 Å². The maximum Gasteiger partial charge on any atom is 0.416 e. The molecule has 5 aromatic rings. The SMILES string of the molecule is CC(C)c1cc(C(C)C)c(CC(=O)NS(=O)(=O)Oc2c(C(C)C)cccc2C(C)C)c(C(C)C)c1.CC(Cc1cccc(C(F)(F)F)c1)NCCOC(=O)c1ccccc1.CC1(c2ccccc2)OC(C(=O)O)=CC1=O. The Morgan fingerprint density at radius 1 is 0.697 bits per heavy atom. The predicted molar refractivity (Wildman–Crippen MR) is 290 cm³/mol. The van der Waals surface area contributed by atoms with E-state index in [0.29, 0.717) is 41.3 Å². The number of rotatable bonds is 19. The molecule has 0 bridgehead atoms. The highest BCUT2D eigenvalue weighted by atomic mass is 32.2. The number of ketones is 1. The number of para-hydroxylation sites is 1. The first-order chi connectivity index (χ1) is 35.5. The summed E-state index contributed by atoms with van der Waals surface area (Å²) in [6.45, 7) is 24.7. The Morgan fingerprint density at radius 3 is 1.71 bits per heavy atom. The summed E-state index contributed by atoms with van der Waals surface area (Å²) in [7, 11) is -4.35. The standard InChI is InChI=1S/C29H43NO4S.C19H20F3NO2.C12H10O4/c1-17(2)22-14-25(20(7)8)27(26(15-22)21(9)10)16-28(31)30-35(32,33)34-29-23(18(3)4)12-11-13-24(29)19(5)6;1-14(12-15-6-5-9-17(13-15)19(20,21)22)23-10-11-25-18(24)16-7-3-2-4-8-16;1-12(8-5-3-2-4-6-8)10(13)7-9(16-12)11(14)15/h11-15,17-21H,16H2,1-10H3,(H,30,31);2-9,13-14,23H,10-12H2,1H3;2-7H,1H3,(H,14,15). The van der Waals surface area contributed by atoms with Gasteiger partial charge in [0.25, 0.3) is 0 Å². The van der Waals surface area contributed by atoms with Gasteiger partial charge in [0.1, 0.15) is 6.61 Å². The molecule has 6 rings (SSSR count). The number of hydrogen-bond donors (Lipinski definition) is 3. The van der Waals surface area contributed by atoms with Crippen LogP contribution in [0, 0.1) is 0 Å². The van der Waals surface area contributed by atoms with E-state index < -0.39 is 45.5 Å². The second-order valence-corrected chi connectivity index (χ2v) is 21.7. The lowest BCUT2D eigenvalue weighted by Gasteiger charge is -2.23. The number of hydrogen-bond acceptors (Lipinski definition) is 10. The van der Waals surface area contributed by atoms with Crippen LogP contribution in [0.15, 0.2) is 127 Å². The molecule has 0 fully saturated rings. The Kier molecular flexibility index (Phi) is 22.2. The van der Waals surface area contributed by atoms with Gasteiger partial charge in [-0.3, -0.25) is 9.59 Å². The van der Waals surface area contributed by atoms with Crippen molar-refractivity contribution in [3.63, 3.8) is 0 Å². The second-order valence-electron chi connectivity index (χ2n) is 20.4. The van der Waals surface area contributed by atoms with E-state index in [0.717, 1.165) is 46.0 Å². The van der Waals surface area contributed by atoms with Gasteiger partial charge in [0.15, 0.2) is 11.4 Å². The second kappa shape index (κ2) is 27.3. The van der Waals surface area contributed by atoms with Crippen LogP contribution in [-0.2, 0) is 58.8 Å². The van der Waals surface area contributed by atoms with E-state index in [-0.39, 0.29) is 54.3 Å². The molecule has 410 valence electrons. The molecule has 0 saturated carbocycles.